The zero-order chi connectivity index (χ0) is 12.0. The van der Waals surface area contributed by atoms with Crippen molar-refractivity contribution >= 4 is 5.97 Å². The SMILES string of the molecule is CCOC(=O)C1CNCCN1CCC(C)C. The minimum Gasteiger partial charge on any atom is -0.465 e. The molecule has 16 heavy (non-hydrogen) atoms. The molecule has 0 amide bonds. The second kappa shape index (κ2) is 6.86. The van der Waals surface area contributed by atoms with Crippen molar-refractivity contribution in [2.75, 3.05) is 32.8 Å². The Kier molecular flexibility index (Phi) is 5.77. The van der Waals surface area contributed by atoms with Crippen molar-refractivity contribution in [2.45, 2.75) is 33.2 Å². The third kappa shape index (κ3) is 4.10. The van der Waals surface area contributed by atoms with Crippen LogP contribution in [0.1, 0.15) is 27.2 Å². The van der Waals surface area contributed by atoms with Crippen LogP contribution >= 0.6 is 0 Å². The first-order valence-corrected chi connectivity index (χ1v) is 6.26. The highest BCUT2D eigenvalue weighted by Gasteiger charge is 2.29. The largest absolute Gasteiger partial charge is 0.465 e. The van der Waals surface area contributed by atoms with Crippen LogP contribution in [0.2, 0.25) is 0 Å². The fourth-order valence-corrected chi connectivity index (χ4v) is 1.91. The number of piperazine rings is 1. The maximum Gasteiger partial charge on any atom is 0.324 e. The van der Waals surface area contributed by atoms with Crippen LogP contribution in [0.3, 0.4) is 0 Å². The van der Waals surface area contributed by atoms with Crippen molar-refractivity contribution in [1.82, 2.24) is 10.2 Å². The number of ether oxygens (including phenoxy) is 1. The summed E-state index contributed by atoms with van der Waals surface area (Å²) in [6, 6.07) is -0.0903. The molecule has 1 saturated heterocycles. The highest BCUT2D eigenvalue weighted by Crippen LogP contribution is 2.09. The quantitative estimate of drug-likeness (QED) is 0.709. The summed E-state index contributed by atoms with van der Waals surface area (Å²) in [7, 11) is 0. The average molecular weight is 228 g/mol. The summed E-state index contributed by atoms with van der Waals surface area (Å²) in [5.74, 6) is 0.594. The van der Waals surface area contributed by atoms with Crippen molar-refractivity contribution < 1.29 is 9.53 Å². The Hall–Kier alpha value is -0.610. The van der Waals surface area contributed by atoms with Gasteiger partial charge in [-0.2, -0.15) is 0 Å². The molecule has 1 atom stereocenters. The van der Waals surface area contributed by atoms with Crippen LogP contribution in [-0.4, -0.2) is 49.7 Å². The number of esters is 1. The molecule has 1 unspecified atom stereocenters. The summed E-state index contributed by atoms with van der Waals surface area (Å²) in [6.07, 6.45) is 1.13. The maximum atomic E-state index is 11.7. The van der Waals surface area contributed by atoms with Gasteiger partial charge in [0.2, 0.25) is 0 Å². The van der Waals surface area contributed by atoms with E-state index in [1.165, 1.54) is 0 Å². The smallest absolute Gasteiger partial charge is 0.324 e. The zero-order valence-electron chi connectivity index (χ0n) is 10.7. The van der Waals surface area contributed by atoms with Gasteiger partial charge in [-0.3, -0.25) is 9.69 Å². The second-order valence-electron chi connectivity index (χ2n) is 4.69. The lowest BCUT2D eigenvalue weighted by Gasteiger charge is -2.34. The van der Waals surface area contributed by atoms with Crippen LogP contribution in [0.25, 0.3) is 0 Å². The van der Waals surface area contributed by atoms with Crippen LogP contribution in [-0.2, 0) is 9.53 Å². The Morgan fingerprint density at radius 3 is 2.94 bits per heavy atom. The molecule has 4 nitrogen and oxygen atoms in total. The molecule has 1 N–H and O–H groups in total. The molecule has 1 rings (SSSR count). The zero-order valence-corrected chi connectivity index (χ0v) is 10.7. The topological polar surface area (TPSA) is 41.6 Å². The van der Waals surface area contributed by atoms with Crippen LogP contribution < -0.4 is 5.32 Å². The van der Waals surface area contributed by atoms with E-state index in [0.29, 0.717) is 12.5 Å². The molecule has 0 saturated carbocycles. The van der Waals surface area contributed by atoms with E-state index in [-0.39, 0.29) is 12.0 Å². The number of rotatable bonds is 5. The highest BCUT2D eigenvalue weighted by atomic mass is 16.5. The predicted octanol–water partition coefficient (Wildman–Crippen LogP) is 0.869. The molecular formula is C12H24N2O2. The number of carbonyl (C=O) groups excluding carboxylic acids is 1. The first-order chi connectivity index (χ1) is 7.65. The average Bonchev–Trinajstić information content (AvgIpc) is 2.27. The molecule has 0 aromatic carbocycles. The Balaban J connectivity index is 2.46. The number of hydrogen-bond donors (Lipinski definition) is 1. The minimum atomic E-state index is -0.0903. The lowest BCUT2D eigenvalue weighted by Crippen LogP contribution is -2.55. The van der Waals surface area contributed by atoms with Crippen LogP contribution in [0.15, 0.2) is 0 Å². The third-order valence-corrected chi connectivity index (χ3v) is 2.91. The van der Waals surface area contributed by atoms with Crippen LogP contribution in [0, 0.1) is 5.92 Å². The Labute approximate surface area is 98.3 Å². The van der Waals surface area contributed by atoms with Crippen molar-refractivity contribution in [3.63, 3.8) is 0 Å². The summed E-state index contributed by atoms with van der Waals surface area (Å²) < 4.78 is 5.10. The fraction of sp³-hybridized carbons (Fsp3) is 0.917. The fourth-order valence-electron chi connectivity index (χ4n) is 1.91. The molecule has 0 bridgehead atoms. The third-order valence-electron chi connectivity index (χ3n) is 2.91. The maximum absolute atomic E-state index is 11.7. The Bertz CT molecular complexity index is 219. The summed E-state index contributed by atoms with van der Waals surface area (Å²) in [5, 5.41) is 3.25. The van der Waals surface area contributed by atoms with E-state index in [2.05, 4.69) is 24.1 Å². The van der Waals surface area contributed by atoms with Crippen molar-refractivity contribution in [3.05, 3.63) is 0 Å². The first kappa shape index (κ1) is 13.5. The molecule has 4 heteroatoms. The van der Waals surface area contributed by atoms with Gasteiger partial charge in [0.15, 0.2) is 0 Å². The Morgan fingerprint density at radius 1 is 1.56 bits per heavy atom. The first-order valence-electron chi connectivity index (χ1n) is 6.26. The molecule has 94 valence electrons. The van der Waals surface area contributed by atoms with Crippen molar-refractivity contribution in [2.24, 2.45) is 5.92 Å². The van der Waals surface area contributed by atoms with Gasteiger partial charge in [0.1, 0.15) is 6.04 Å². The lowest BCUT2D eigenvalue weighted by molar-refractivity contribution is -0.150. The van der Waals surface area contributed by atoms with Gasteiger partial charge in [-0.25, -0.2) is 0 Å². The van der Waals surface area contributed by atoms with Crippen molar-refractivity contribution in [3.8, 4) is 0 Å². The molecule has 0 aromatic heterocycles. The molecule has 0 radical (unpaired) electrons. The van der Waals surface area contributed by atoms with Gasteiger partial charge < -0.3 is 10.1 Å². The number of nitrogens with one attached hydrogen (secondary N) is 1. The van der Waals surface area contributed by atoms with Gasteiger partial charge >= 0.3 is 5.97 Å². The van der Waals surface area contributed by atoms with Gasteiger partial charge in [-0.05, 0) is 25.8 Å². The normalized spacial score (nSPS) is 22.4. The molecular weight excluding hydrogens is 204 g/mol. The van der Waals surface area contributed by atoms with Gasteiger partial charge in [0, 0.05) is 19.6 Å². The van der Waals surface area contributed by atoms with Crippen LogP contribution in [0.5, 0.6) is 0 Å². The molecule has 0 aromatic rings. The van der Waals surface area contributed by atoms with Crippen LogP contribution in [0.4, 0.5) is 0 Å². The minimum absolute atomic E-state index is 0.0848. The number of carbonyl (C=O) groups is 1. The van der Waals surface area contributed by atoms with Gasteiger partial charge in [0.05, 0.1) is 6.61 Å². The molecule has 1 aliphatic rings. The van der Waals surface area contributed by atoms with E-state index >= 15 is 0 Å². The lowest BCUT2D eigenvalue weighted by atomic mass is 10.1. The van der Waals surface area contributed by atoms with Gasteiger partial charge in [-0.1, -0.05) is 13.8 Å². The second-order valence-corrected chi connectivity index (χ2v) is 4.69. The van der Waals surface area contributed by atoms with Gasteiger partial charge in [0.25, 0.3) is 0 Å². The van der Waals surface area contributed by atoms with Gasteiger partial charge in [-0.15, -0.1) is 0 Å². The molecule has 1 fully saturated rings. The number of nitrogens with zero attached hydrogens (tertiary/aromatic N) is 1. The Morgan fingerprint density at radius 2 is 2.31 bits per heavy atom. The van der Waals surface area contributed by atoms with Crippen molar-refractivity contribution in [1.29, 1.82) is 0 Å². The molecule has 1 aliphatic heterocycles. The summed E-state index contributed by atoms with van der Waals surface area (Å²) in [6.45, 7) is 10.4. The molecule has 0 spiro atoms. The molecule has 0 aliphatic carbocycles. The number of hydrogen-bond acceptors (Lipinski definition) is 4. The molecule has 1 heterocycles. The van der Waals surface area contributed by atoms with E-state index in [0.717, 1.165) is 32.6 Å². The van der Waals surface area contributed by atoms with E-state index < -0.39 is 0 Å². The van der Waals surface area contributed by atoms with E-state index in [1.54, 1.807) is 0 Å². The summed E-state index contributed by atoms with van der Waals surface area (Å²) >= 11 is 0. The summed E-state index contributed by atoms with van der Waals surface area (Å²) in [4.78, 5) is 14.0. The van der Waals surface area contributed by atoms with E-state index in [9.17, 15) is 4.79 Å². The predicted molar refractivity (Wildman–Crippen MR) is 64.3 cm³/mol. The van der Waals surface area contributed by atoms with E-state index in [4.69, 9.17) is 4.74 Å². The van der Waals surface area contributed by atoms with E-state index in [1.807, 2.05) is 6.92 Å². The summed E-state index contributed by atoms with van der Waals surface area (Å²) in [5.41, 5.74) is 0. The monoisotopic (exact) mass is 228 g/mol. The highest BCUT2D eigenvalue weighted by molar-refractivity contribution is 5.76. The standard InChI is InChI=1S/C12H24N2O2/c1-4-16-12(15)11-9-13-6-8-14(11)7-5-10(2)3/h10-11,13H,4-9H2,1-3H3.